The smallest absolute Gasteiger partial charge is 0.313 e. The van der Waals surface area contributed by atoms with Crippen LogP contribution in [0.3, 0.4) is 0 Å². The van der Waals surface area contributed by atoms with Gasteiger partial charge in [-0.05, 0) is 33.1 Å². The zero-order valence-electron chi connectivity index (χ0n) is 12.7. The minimum absolute atomic E-state index is 0.0807. The second-order valence-electron chi connectivity index (χ2n) is 4.57. The van der Waals surface area contributed by atoms with E-state index in [1.54, 1.807) is 11.5 Å². The number of carbonyl (C=O) groups is 1. The molecule has 1 aromatic heterocycles. The van der Waals surface area contributed by atoms with Crippen LogP contribution in [0.2, 0.25) is 0 Å². The molecule has 0 unspecified atom stereocenters. The highest BCUT2D eigenvalue weighted by atomic mass is 32.2. The van der Waals surface area contributed by atoms with Crippen molar-refractivity contribution in [3.63, 3.8) is 0 Å². The molecule has 1 rings (SSSR count). The lowest BCUT2D eigenvalue weighted by molar-refractivity contribution is -0.577. The lowest BCUT2D eigenvalue weighted by Gasteiger charge is -2.07. The zero-order chi connectivity index (χ0) is 16.0. The van der Waals surface area contributed by atoms with Crippen molar-refractivity contribution in [1.29, 1.82) is 0 Å². The van der Waals surface area contributed by atoms with Crippen LogP contribution >= 0.6 is 24.0 Å². The number of thioether (sulfide) groups is 1. The van der Waals surface area contributed by atoms with Gasteiger partial charge in [0.05, 0.1) is 6.61 Å². The van der Waals surface area contributed by atoms with Crippen LogP contribution in [0.15, 0.2) is 24.2 Å². The summed E-state index contributed by atoms with van der Waals surface area (Å²) in [6.07, 6.45) is 5.38. The number of aliphatic hydroxyl groups excluding tert-OH is 1. The summed E-state index contributed by atoms with van der Waals surface area (Å²) in [5.74, 6) is -0.552. The normalized spacial score (nSPS) is 11.8. The molecule has 0 saturated heterocycles. The van der Waals surface area contributed by atoms with Gasteiger partial charge in [0.25, 0.3) is 5.70 Å². The summed E-state index contributed by atoms with van der Waals surface area (Å²) in [5.41, 5.74) is 2.54. The second-order valence-corrected chi connectivity index (χ2v) is 6.05. The van der Waals surface area contributed by atoms with Crippen LogP contribution in [0.5, 0.6) is 0 Å². The molecule has 4 nitrogen and oxygen atoms in total. The Kier molecular flexibility index (Phi) is 6.84. The molecule has 0 fully saturated rings. The lowest BCUT2D eigenvalue weighted by Crippen LogP contribution is -2.36. The molecular weight excluding hydrogens is 306 g/mol. The number of ether oxygens (including phenoxy) is 1. The zero-order valence-corrected chi connectivity index (χ0v) is 14.3. The highest BCUT2D eigenvalue weighted by Gasteiger charge is 2.24. The number of hydrogen-bond acceptors (Lipinski definition) is 5. The van der Waals surface area contributed by atoms with E-state index in [2.05, 4.69) is 0 Å². The molecular formula is C15H20NO3S2+. The van der Waals surface area contributed by atoms with Crippen molar-refractivity contribution >= 4 is 39.8 Å². The van der Waals surface area contributed by atoms with Crippen molar-refractivity contribution in [2.45, 2.75) is 27.2 Å². The molecule has 0 aliphatic carbocycles. The molecule has 1 aromatic rings. The van der Waals surface area contributed by atoms with Crippen LogP contribution in [-0.4, -0.2) is 28.1 Å². The lowest BCUT2D eigenvalue weighted by atomic mass is 10.2. The van der Waals surface area contributed by atoms with E-state index in [4.69, 9.17) is 17.0 Å². The summed E-state index contributed by atoms with van der Waals surface area (Å²) in [5, 5.41) is 10.3. The van der Waals surface area contributed by atoms with E-state index in [-0.39, 0.29) is 18.8 Å². The van der Waals surface area contributed by atoms with Crippen LogP contribution < -0.4 is 4.57 Å². The fourth-order valence-corrected chi connectivity index (χ4v) is 2.58. The Morgan fingerprint density at radius 3 is 2.43 bits per heavy atom. The molecule has 0 atom stereocenters. The molecule has 0 radical (unpaired) electrons. The van der Waals surface area contributed by atoms with Gasteiger partial charge in [-0.1, -0.05) is 12.2 Å². The average molecular weight is 326 g/mol. The fraction of sp³-hybridized carbons (Fsp3) is 0.400. The van der Waals surface area contributed by atoms with E-state index in [0.717, 1.165) is 11.1 Å². The Labute approximate surface area is 134 Å². The molecule has 114 valence electrons. The summed E-state index contributed by atoms with van der Waals surface area (Å²) >= 11 is 6.66. The van der Waals surface area contributed by atoms with Gasteiger partial charge in [0, 0.05) is 11.1 Å². The largest absolute Gasteiger partial charge is 0.505 e. The summed E-state index contributed by atoms with van der Waals surface area (Å²) in [7, 11) is 0. The average Bonchev–Trinajstić information content (AvgIpc) is 2.37. The third kappa shape index (κ3) is 5.13. The third-order valence-electron chi connectivity index (χ3n) is 2.67. The van der Waals surface area contributed by atoms with E-state index in [1.165, 1.54) is 11.8 Å². The quantitative estimate of drug-likeness (QED) is 0.296. The summed E-state index contributed by atoms with van der Waals surface area (Å²) < 4.78 is 7.15. The molecule has 0 aliphatic heterocycles. The van der Waals surface area contributed by atoms with Crippen molar-refractivity contribution in [2.24, 2.45) is 0 Å². The van der Waals surface area contributed by atoms with Gasteiger partial charge in [-0.25, -0.2) is 0 Å². The van der Waals surface area contributed by atoms with Crippen molar-refractivity contribution in [2.75, 3.05) is 12.9 Å². The van der Waals surface area contributed by atoms with Crippen LogP contribution in [0.4, 0.5) is 0 Å². The molecule has 0 aromatic carbocycles. The van der Waals surface area contributed by atoms with Crippen molar-refractivity contribution in [3.8, 4) is 0 Å². The van der Waals surface area contributed by atoms with Crippen molar-refractivity contribution < 1.29 is 19.2 Å². The first-order valence-electron chi connectivity index (χ1n) is 6.55. The van der Waals surface area contributed by atoms with E-state index in [1.807, 2.05) is 38.6 Å². The Bertz CT molecular complexity index is 562. The van der Waals surface area contributed by atoms with Gasteiger partial charge in [-0.2, -0.15) is 4.57 Å². The molecule has 0 spiro atoms. The van der Waals surface area contributed by atoms with Crippen LogP contribution in [-0.2, 0) is 9.53 Å². The first-order valence-corrected chi connectivity index (χ1v) is 8.18. The van der Waals surface area contributed by atoms with Crippen LogP contribution in [0.25, 0.3) is 5.70 Å². The monoisotopic (exact) mass is 326 g/mol. The number of aromatic nitrogens is 1. The van der Waals surface area contributed by atoms with Crippen molar-refractivity contribution in [3.05, 3.63) is 35.3 Å². The van der Waals surface area contributed by atoms with Gasteiger partial charge < -0.3 is 9.84 Å². The molecule has 21 heavy (non-hydrogen) atoms. The van der Waals surface area contributed by atoms with Gasteiger partial charge in [-0.15, -0.1) is 11.8 Å². The van der Waals surface area contributed by atoms with E-state index in [0.29, 0.717) is 9.89 Å². The molecule has 6 heteroatoms. The van der Waals surface area contributed by atoms with E-state index in [9.17, 15) is 9.90 Å². The molecule has 1 heterocycles. The van der Waals surface area contributed by atoms with Gasteiger partial charge in [0.15, 0.2) is 18.2 Å². The Hall–Kier alpha value is -1.40. The predicted molar refractivity (Wildman–Crippen MR) is 89.3 cm³/mol. The Balaban J connectivity index is 3.27. The number of esters is 1. The first kappa shape index (κ1) is 17.7. The van der Waals surface area contributed by atoms with E-state index < -0.39 is 5.97 Å². The van der Waals surface area contributed by atoms with E-state index >= 15 is 0 Å². The van der Waals surface area contributed by atoms with Gasteiger partial charge in [0.1, 0.15) is 10.6 Å². The molecule has 0 bridgehead atoms. The second kappa shape index (κ2) is 8.14. The molecule has 0 amide bonds. The minimum Gasteiger partial charge on any atom is -0.505 e. The minimum atomic E-state index is -0.471. The first-order chi connectivity index (χ1) is 9.88. The Morgan fingerprint density at radius 1 is 1.38 bits per heavy atom. The molecule has 1 N–H and O–H groups in total. The standard InChI is InChI=1S/C15H19NO3S2/c1-5-19-13(18)7-12(17)14(15(20)21-4)16-8-10(2)6-11(3)9-16/h6,8-9H,5,7H2,1-4H3/p+1. The number of thiocarbonyl (C=S) groups is 1. The summed E-state index contributed by atoms with van der Waals surface area (Å²) in [4.78, 5) is 11.6. The van der Waals surface area contributed by atoms with Gasteiger partial charge in [-0.3, -0.25) is 4.79 Å². The van der Waals surface area contributed by atoms with Gasteiger partial charge in [0.2, 0.25) is 0 Å². The topological polar surface area (TPSA) is 50.4 Å². The number of pyridine rings is 1. The predicted octanol–water partition coefficient (Wildman–Crippen LogP) is 2.96. The molecule has 0 saturated carbocycles. The third-order valence-corrected chi connectivity index (χ3v) is 3.93. The highest BCUT2D eigenvalue weighted by Crippen LogP contribution is 2.16. The number of carbonyl (C=O) groups excluding carboxylic acids is 1. The highest BCUT2D eigenvalue weighted by molar-refractivity contribution is 8.23. The maximum absolute atomic E-state index is 11.6. The summed E-state index contributed by atoms with van der Waals surface area (Å²) in [6, 6.07) is 2.03. The number of nitrogens with zero attached hydrogens (tertiary/aromatic N) is 1. The van der Waals surface area contributed by atoms with Crippen LogP contribution in [0.1, 0.15) is 24.5 Å². The fourth-order valence-electron chi connectivity index (χ4n) is 1.94. The number of aliphatic hydroxyl groups is 1. The number of rotatable bonds is 5. The molecule has 0 aliphatic rings. The summed E-state index contributed by atoms with van der Waals surface area (Å²) in [6.45, 7) is 5.94. The number of aryl methyl sites for hydroxylation is 2. The maximum atomic E-state index is 11.6. The van der Waals surface area contributed by atoms with Gasteiger partial charge >= 0.3 is 5.97 Å². The maximum Gasteiger partial charge on any atom is 0.313 e. The Morgan fingerprint density at radius 2 is 1.95 bits per heavy atom. The van der Waals surface area contributed by atoms with Crippen LogP contribution in [0, 0.1) is 13.8 Å². The van der Waals surface area contributed by atoms with Crippen molar-refractivity contribution in [1.82, 2.24) is 0 Å². The number of hydrogen-bond donors (Lipinski definition) is 1. The SMILES string of the molecule is CCOC(=O)C/C(O)=C(/C(=S)SC)[n+]1cc(C)cc(C)c1.